The summed E-state index contributed by atoms with van der Waals surface area (Å²) in [7, 11) is -3.65. The molecule has 31 heavy (non-hydrogen) atoms. The molecule has 3 rings (SSSR count). The molecule has 0 bridgehead atoms. The average molecular weight is 435 g/mol. The van der Waals surface area contributed by atoms with Crippen LogP contribution >= 0.6 is 0 Å². The maximum absolute atomic E-state index is 12.8. The summed E-state index contributed by atoms with van der Waals surface area (Å²) in [5.41, 5.74) is 2.91. The highest BCUT2D eigenvalue weighted by molar-refractivity contribution is 7.95. The minimum atomic E-state index is -3.65. The van der Waals surface area contributed by atoms with Crippen LogP contribution in [0, 0.1) is 0 Å². The van der Waals surface area contributed by atoms with E-state index in [1.807, 2.05) is 67.6 Å². The molecule has 0 heterocycles. The Labute approximate surface area is 184 Å². The smallest absolute Gasteiger partial charge is 0.255 e. The van der Waals surface area contributed by atoms with E-state index in [-0.39, 0.29) is 5.91 Å². The van der Waals surface area contributed by atoms with Gasteiger partial charge in [0.25, 0.3) is 15.9 Å². The van der Waals surface area contributed by atoms with Crippen LogP contribution in [0.25, 0.3) is 6.08 Å². The van der Waals surface area contributed by atoms with Crippen molar-refractivity contribution in [2.24, 2.45) is 0 Å². The summed E-state index contributed by atoms with van der Waals surface area (Å²) in [4.78, 5) is 14.6. The lowest BCUT2D eigenvalue weighted by Crippen LogP contribution is -2.32. The first-order valence-corrected chi connectivity index (χ1v) is 11.7. The molecule has 0 aromatic heterocycles. The standard InChI is InChI=1S/C25H26N2O3S/c1-2-27(19-17-21-9-5-3-6-10-21)25(28)23-13-15-24(16-14-23)26-31(29,30)20-18-22-11-7-4-8-12-22/h3-16,18,20,26H,2,17,19H2,1H3/b20-18+. The highest BCUT2D eigenvalue weighted by Gasteiger charge is 2.14. The topological polar surface area (TPSA) is 66.5 Å². The lowest BCUT2D eigenvalue weighted by Gasteiger charge is -2.21. The maximum atomic E-state index is 12.8. The molecular formula is C25H26N2O3S. The van der Waals surface area contributed by atoms with Gasteiger partial charge in [-0.25, -0.2) is 8.42 Å². The summed E-state index contributed by atoms with van der Waals surface area (Å²) in [6.45, 7) is 3.17. The molecule has 6 heteroatoms. The summed E-state index contributed by atoms with van der Waals surface area (Å²) >= 11 is 0. The predicted molar refractivity (Wildman–Crippen MR) is 126 cm³/mol. The minimum Gasteiger partial charge on any atom is -0.339 e. The molecule has 0 aliphatic carbocycles. The quantitative estimate of drug-likeness (QED) is 0.526. The van der Waals surface area contributed by atoms with Crippen LogP contribution in [0.5, 0.6) is 0 Å². The fraction of sp³-hybridized carbons (Fsp3) is 0.160. The van der Waals surface area contributed by atoms with Gasteiger partial charge in [-0.3, -0.25) is 9.52 Å². The number of nitrogens with one attached hydrogen (secondary N) is 1. The second-order valence-corrected chi connectivity index (χ2v) is 8.62. The molecule has 0 atom stereocenters. The van der Waals surface area contributed by atoms with Crippen LogP contribution in [0.2, 0.25) is 0 Å². The number of rotatable bonds is 9. The van der Waals surface area contributed by atoms with Gasteiger partial charge in [-0.1, -0.05) is 60.7 Å². The first-order valence-electron chi connectivity index (χ1n) is 10.2. The van der Waals surface area contributed by atoms with Gasteiger partial charge in [-0.2, -0.15) is 0 Å². The Balaban J connectivity index is 1.61. The van der Waals surface area contributed by atoms with E-state index < -0.39 is 10.0 Å². The number of hydrogen-bond acceptors (Lipinski definition) is 3. The average Bonchev–Trinajstić information content (AvgIpc) is 2.80. The summed E-state index contributed by atoms with van der Waals surface area (Å²) < 4.78 is 27.1. The third-order valence-corrected chi connectivity index (χ3v) is 5.83. The van der Waals surface area contributed by atoms with E-state index in [4.69, 9.17) is 0 Å². The zero-order valence-corrected chi connectivity index (χ0v) is 18.3. The van der Waals surface area contributed by atoms with Crippen molar-refractivity contribution in [3.63, 3.8) is 0 Å². The van der Waals surface area contributed by atoms with E-state index in [9.17, 15) is 13.2 Å². The van der Waals surface area contributed by atoms with E-state index in [0.717, 1.165) is 17.4 Å². The van der Waals surface area contributed by atoms with Gasteiger partial charge in [0.05, 0.1) is 5.41 Å². The van der Waals surface area contributed by atoms with E-state index in [0.29, 0.717) is 24.3 Å². The number of carbonyl (C=O) groups excluding carboxylic acids is 1. The number of benzene rings is 3. The van der Waals surface area contributed by atoms with Crippen LogP contribution in [0.15, 0.2) is 90.3 Å². The Morgan fingerprint density at radius 1 is 0.903 bits per heavy atom. The molecule has 0 radical (unpaired) electrons. The molecule has 0 unspecified atom stereocenters. The van der Waals surface area contributed by atoms with Crippen LogP contribution in [-0.2, 0) is 16.4 Å². The third kappa shape index (κ3) is 6.83. The number of sulfonamides is 1. The molecule has 0 spiro atoms. The zero-order chi connectivity index (χ0) is 22.1. The Bertz CT molecular complexity index is 1110. The molecule has 5 nitrogen and oxygen atoms in total. The van der Waals surface area contributed by atoms with E-state index in [2.05, 4.69) is 4.72 Å². The van der Waals surface area contributed by atoms with Crippen LogP contribution in [0.3, 0.4) is 0 Å². The van der Waals surface area contributed by atoms with Crippen molar-refractivity contribution in [2.75, 3.05) is 17.8 Å². The minimum absolute atomic E-state index is 0.0724. The summed E-state index contributed by atoms with van der Waals surface area (Å²) in [5, 5.41) is 1.13. The summed E-state index contributed by atoms with van der Waals surface area (Å²) in [6, 6.07) is 25.7. The van der Waals surface area contributed by atoms with Crippen molar-refractivity contribution < 1.29 is 13.2 Å². The fourth-order valence-electron chi connectivity index (χ4n) is 3.11. The van der Waals surface area contributed by atoms with Crippen LogP contribution in [-0.4, -0.2) is 32.3 Å². The van der Waals surface area contributed by atoms with Gasteiger partial charge in [0.1, 0.15) is 0 Å². The summed E-state index contributed by atoms with van der Waals surface area (Å²) in [6.07, 6.45) is 2.32. The van der Waals surface area contributed by atoms with Crippen LogP contribution in [0.4, 0.5) is 5.69 Å². The first-order chi connectivity index (χ1) is 15.0. The molecule has 1 N–H and O–H groups in total. The highest BCUT2D eigenvalue weighted by atomic mass is 32.2. The number of likely N-dealkylation sites (N-methyl/N-ethyl adjacent to an activating group) is 1. The molecular weight excluding hydrogens is 408 g/mol. The molecule has 1 amide bonds. The Morgan fingerprint density at radius 2 is 1.52 bits per heavy atom. The van der Waals surface area contributed by atoms with Crippen molar-refractivity contribution in [3.05, 3.63) is 107 Å². The third-order valence-electron chi connectivity index (χ3n) is 4.81. The van der Waals surface area contributed by atoms with E-state index in [1.54, 1.807) is 29.2 Å². The van der Waals surface area contributed by atoms with Gasteiger partial charge in [-0.05, 0) is 54.8 Å². The number of hydrogen-bond donors (Lipinski definition) is 1. The number of anilines is 1. The summed E-state index contributed by atoms with van der Waals surface area (Å²) in [5.74, 6) is -0.0724. The highest BCUT2D eigenvalue weighted by Crippen LogP contribution is 2.15. The zero-order valence-electron chi connectivity index (χ0n) is 17.4. The maximum Gasteiger partial charge on any atom is 0.255 e. The molecule has 0 fully saturated rings. The molecule has 0 aliphatic heterocycles. The Hall–Kier alpha value is -3.38. The van der Waals surface area contributed by atoms with Gasteiger partial charge in [0.15, 0.2) is 0 Å². The SMILES string of the molecule is CCN(CCc1ccccc1)C(=O)c1ccc(NS(=O)(=O)/C=C/c2ccccc2)cc1. The van der Waals surface area contributed by atoms with Gasteiger partial charge >= 0.3 is 0 Å². The monoisotopic (exact) mass is 434 g/mol. The largest absolute Gasteiger partial charge is 0.339 e. The van der Waals surface area contributed by atoms with Crippen molar-refractivity contribution in [1.29, 1.82) is 0 Å². The molecule has 160 valence electrons. The molecule has 0 saturated carbocycles. The number of amides is 1. The molecule has 3 aromatic rings. The number of nitrogens with zero attached hydrogens (tertiary/aromatic N) is 1. The Morgan fingerprint density at radius 3 is 2.13 bits per heavy atom. The van der Waals surface area contributed by atoms with Crippen LogP contribution < -0.4 is 4.72 Å². The number of carbonyl (C=O) groups is 1. The van der Waals surface area contributed by atoms with E-state index >= 15 is 0 Å². The second-order valence-electron chi connectivity index (χ2n) is 7.06. The normalized spacial score (nSPS) is 11.4. The molecule has 0 aliphatic rings. The van der Waals surface area contributed by atoms with E-state index in [1.165, 1.54) is 11.6 Å². The molecule has 0 saturated heterocycles. The van der Waals surface area contributed by atoms with Crippen molar-refractivity contribution in [2.45, 2.75) is 13.3 Å². The lowest BCUT2D eigenvalue weighted by atomic mass is 10.1. The Kier molecular flexibility index (Phi) is 7.62. The second kappa shape index (κ2) is 10.6. The first kappa shape index (κ1) is 22.3. The van der Waals surface area contributed by atoms with Gasteiger partial charge in [0, 0.05) is 24.3 Å². The molecule has 3 aromatic carbocycles. The predicted octanol–water partition coefficient (Wildman–Crippen LogP) is 4.80. The van der Waals surface area contributed by atoms with Crippen molar-refractivity contribution in [1.82, 2.24) is 4.90 Å². The van der Waals surface area contributed by atoms with Crippen molar-refractivity contribution >= 4 is 27.7 Å². The fourth-order valence-corrected chi connectivity index (χ4v) is 3.97. The van der Waals surface area contributed by atoms with Crippen LogP contribution in [0.1, 0.15) is 28.4 Å². The van der Waals surface area contributed by atoms with Crippen molar-refractivity contribution in [3.8, 4) is 0 Å². The van der Waals surface area contributed by atoms with Gasteiger partial charge in [0.2, 0.25) is 0 Å². The van der Waals surface area contributed by atoms with Gasteiger partial charge < -0.3 is 4.90 Å². The van der Waals surface area contributed by atoms with Gasteiger partial charge in [-0.15, -0.1) is 0 Å². The lowest BCUT2D eigenvalue weighted by molar-refractivity contribution is 0.0766.